The fourth-order valence-corrected chi connectivity index (χ4v) is 3.50. The second-order valence-electron chi connectivity index (χ2n) is 5.62. The van der Waals surface area contributed by atoms with E-state index in [0.717, 1.165) is 5.56 Å². The van der Waals surface area contributed by atoms with Crippen molar-refractivity contribution in [1.82, 2.24) is 4.90 Å². The molecule has 2 aromatic carbocycles. The molecule has 5 nitrogen and oxygen atoms in total. The Morgan fingerprint density at radius 1 is 1.00 bits per heavy atom. The Kier molecular flexibility index (Phi) is 5.62. The lowest BCUT2D eigenvalue weighted by molar-refractivity contribution is 0.0785. The lowest BCUT2D eigenvalue weighted by Crippen LogP contribution is -2.29. The van der Waals surface area contributed by atoms with Crippen molar-refractivity contribution in [2.45, 2.75) is 13.5 Å². The minimum atomic E-state index is -3.32. The van der Waals surface area contributed by atoms with E-state index in [2.05, 4.69) is 0 Å². The van der Waals surface area contributed by atoms with Crippen LogP contribution in [0.3, 0.4) is 0 Å². The number of hydrogen-bond acceptors (Lipinski definition) is 3. The molecule has 24 heavy (non-hydrogen) atoms. The quantitative estimate of drug-likeness (QED) is 0.808. The van der Waals surface area contributed by atoms with Gasteiger partial charge in [0.2, 0.25) is 10.0 Å². The molecule has 0 aliphatic carbocycles. The van der Waals surface area contributed by atoms with Crippen LogP contribution in [0.1, 0.15) is 22.8 Å². The van der Waals surface area contributed by atoms with Gasteiger partial charge in [0, 0.05) is 25.7 Å². The monoisotopic (exact) mass is 346 g/mol. The van der Waals surface area contributed by atoms with Crippen LogP contribution in [0.5, 0.6) is 0 Å². The van der Waals surface area contributed by atoms with Crippen LogP contribution in [0.25, 0.3) is 0 Å². The maximum atomic E-state index is 12.5. The highest BCUT2D eigenvalue weighted by Crippen LogP contribution is 2.19. The van der Waals surface area contributed by atoms with Gasteiger partial charge in [0.05, 0.1) is 11.9 Å². The van der Waals surface area contributed by atoms with Crippen molar-refractivity contribution >= 4 is 21.6 Å². The largest absolute Gasteiger partial charge is 0.337 e. The molecule has 0 spiro atoms. The standard InChI is InChI=1S/C18H22N2O3S/c1-4-20(24(3,22)23)17-12-10-16(11-13-17)18(21)19(2)14-15-8-6-5-7-9-15/h5-13H,4,14H2,1-3H3. The van der Waals surface area contributed by atoms with E-state index in [4.69, 9.17) is 0 Å². The van der Waals surface area contributed by atoms with Gasteiger partial charge in [0.1, 0.15) is 0 Å². The summed E-state index contributed by atoms with van der Waals surface area (Å²) in [4.78, 5) is 14.1. The van der Waals surface area contributed by atoms with E-state index in [0.29, 0.717) is 24.3 Å². The number of hydrogen-bond donors (Lipinski definition) is 0. The Bertz CT molecular complexity index is 787. The van der Waals surface area contributed by atoms with E-state index in [1.165, 1.54) is 10.6 Å². The third-order valence-electron chi connectivity index (χ3n) is 3.70. The van der Waals surface area contributed by atoms with Crippen molar-refractivity contribution in [3.05, 3.63) is 65.7 Å². The molecule has 0 aliphatic heterocycles. The van der Waals surface area contributed by atoms with Crippen LogP contribution in [0.2, 0.25) is 0 Å². The summed E-state index contributed by atoms with van der Waals surface area (Å²) in [5, 5.41) is 0. The van der Waals surface area contributed by atoms with Crippen molar-refractivity contribution < 1.29 is 13.2 Å². The molecule has 6 heteroatoms. The predicted octanol–water partition coefficient (Wildman–Crippen LogP) is 2.74. The summed E-state index contributed by atoms with van der Waals surface area (Å²) in [6.45, 7) is 2.64. The van der Waals surface area contributed by atoms with Crippen molar-refractivity contribution in [2.75, 3.05) is 24.2 Å². The van der Waals surface area contributed by atoms with Crippen LogP contribution in [0, 0.1) is 0 Å². The van der Waals surface area contributed by atoms with Crippen LogP contribution in [0.15, 0.2) is 54.6 Å². The van der Waals surface area contributed by atoms with Crippen molar-refractivity contribution in [3.63, 3.8) is 0 Å². The molecule has 0 heterocycles. The number of benzene rings is 2. The SMILES string of the molecule is CCN(c1ccc(C(=O)N(C)Cc2ccccc2)cc1)S(C)(=O)=O. The number of anilines is 1. The van der Waals surface area contributed by atoms with Crippen LogP contribution in [0.4, 0.5) is 5.69 Å². The number of carbonyl (C=O) groups excluding carboxylic acids is 1. The molecule has 0 fully saturated rings. The Morgan fingerprint density at radius 3 is 2.08 bits per heavy atom. The molecule has 0 aromatic heterocycles. The van der Waals surface area contributed by atoms with Gasteiger partial charge in [-0.15, -0.1) is 0 Å². The number of sulfonamides is 1. The molecule has 0 aliphatic rings. The number of amides is 1. The summed E-state index contributed by atoms with van der Waals surface area (Å²) in [7, 11) is -1.57. The second-order valence-corrected chi connectivity index (χ2v) is 7.53. The molecule has 128 valence electrons. The normalized spacial score (nSPS) is 11.1. The zero-order valence-corrected chi connectivity index (χ0v) is 15.0. The Hall–Kier alpha value is -2.34. The highest BCUT2D eigenvalue weighted by Gasteiger charge is 2.17. The summed E-state index contributed by atoms with van der Waals surface area (Å²) >= 11 is 0. The maximum Gasteiger partial charge on any atom is 0.253 e. The van der Waals surface area contributed by atoms with Gasteiger partial charge in [-0.25, -0.2) is 8.42 Å². The van der Waals surface area contributed by atoms with Gasteiger partial charge in [-0.2, -0.15) is 0 Å². The summed E-state index contributed by atoms with van der Waals surface area (Å²) in [6, 6.07) is 16.4. The van der Waals surface area contributed by atoms with Crippen LogP contribution in [-0.4, -0.2) is 39.1 Å². The average Bonchev–Trinajstić information content (AvgIpc) is 2.55. The van der Waals surface area contributed by atoms with Crippen molar-refractivity contribution in [3.8, 4) is 0 Å². The van der Waals surface area contributed by atoms with Crippen LogP contribution in [-0.2, 0) is 16.6 Å². The molecule has 2 rings (SSSR count). The highest BCUT2D eigenvalue weighted by atomic mass is 32.2. The minimum absolute atomic E-state index is 0.104. The Morgan fingerprint density at radius 2 is 1.58 bits per heavy atom. The van der Waals surface area contributed by atoms with E-state index in [-0.39, 0.29) is 5.91 Å². The highest BCUT2D eigenvalue weighted by molar-refractivity contribution is 7.92. The molecule has 0 atom stereocenters. The van der Waals surface area contributed by atoms with Gasteiger partial charge in [0.25, 0.3) is 5.91 Å². The molecule has 2 aromatic rings. The first-order valence-corrected chi connectivity index (χ1v) is 9.55. The molecular formula is C18H22N2O3S. The van der Waals surface area contributed by atoms with Gasteiger partial charge in [0.15, 0.2) is 0 Å². The first-order valence-electron chi connectivity index (χ1n) is 7.70. The molecule has 0 saturated carbocycles. The van der Waals surface area contributed by atoms with E-state index in [1.54, 1.807) is 43.1 Å². The van der Waals surface area contributed by atoms with Gasteiger partial charge in [-0.05, 0) is 36.8 Å². The second kappa shape index (κ2) is 7.49. The van der Waals surface area contributed by atoms with Crippen LogP contribution >= 0.6 is 0 Å². The van der Waals surface area contributed by atoms with Gasteiger partial charge < -0.3 is 4.90 Å². The third kappa shape index (κ3) is 4.35. The topological polar surface area (TPSA) is 57.7 Å². The van der Waals surface area contributed by atoms with Crippen LogP contribution < -0.4 is 4.31 Å². The lowest BCUT2D eigenvalue weighted by atomic mass is 10.1. The molecule has 0 N–H and O–H groups in total. The summed E-state index contributed by atoms with van der Waals surface area (Å²) < 4.78 is 24.8. The predicted molar refractivity (Wildman–Crippen MR) is 96.5 cm³/mol. The fraction of sp³-hybridized carbons (Fsp3) is 0.278. The smallest absolute Gasteiger partial charge is 0.253 e. The van der Waals surface area contributed by atoms with E-state index < -0.39 is 10.0 Å². The Labute approximate surface area is 143 Å². The molecule has 0 unspecified atom stereocenters. The Balaban J connectivity index is 2.13. The van der Waals surface area contributed by atoms with Gasteiger partial charge >= 0.3 is 0 Å². The van der Waals surface area contributed by atoms with Gasteiger partial charge in [-0.1, -0.05) is 30.3 Å². The summed E-state index contributed by atoms with van der Waals surface area (Å²) in [6.07, 6.45) is 1.17. The molecule has 1 amide bonds. The van der Waals surface area contributed by atoms with Crippen molar-refractivity contribution in [1.29, 1.82) is 0 Å². The van der Waals surface area contributed by atoms with E-state index >= 15 is 0 Å². The lowest BCUT2D eigenvalue weighted by Gasteiger charge is -2.21. The maximum absolute atomic E-state index is 12.5. The minimum Gasteiger partial charge on any atom is -0.337 e. The zero-order chi connectivity index (χ0) is 17.7. The fourth-order valence-electron chi connectivity index (χ4n) is 2.53. The number of carbonyl (C=O) groups is 1. The average molecular weight is 346 g/mol. The first kappa shape index (κ1) is 18.0. The molecule has 0 bridgehead atoms. The molecular weight excluding hydrogens is 324 g/mol. The number of rotatable bonds is 6. The summed E-state index contributed by atoms with van der Waals surface area (Å²) in [5.74, 6) is -0.104. The van der Waals surface area contributed by atoms with E-state index in [9.17, 15) is 13.2 Å². The molecule has 0 radical (unpaired) electrons. The third-order valence-corrected chi connectivity index (χ3v) is 4.97. The van der Waals surface area contributed by atoms with Crippen molar-refractivity contribution in [2.24, 2.45) is 0 Å². The van der Waals surface area contributed by atoms with E-state index in [1.807, 2.05) is 30.3 Å². The number of nitrogens with zero attached hydrogens (tertiary/aromatic N) is 2. The first-order chi connectivity index (χ1) is 11.3. The summed E-state index contributed by atoms with van der Waals surface area (Å²) in [5.41, 5.74) is 2.14. The molecule has 0 saturated heterocycles. The van der Waals surface area contributed by atoms with Gasteiger partial charge in [-0.3, -0.25) is 9.10 Å². The zero-order valence-electron chi connectivity index (χ0n) is 14.1.